The van der Waals surface area contributed by atoms with Crippen LogP contribution in [-0.2, 0) is 4.79 Å². The van der Waals surface area contributed by atoms with Gasteiger partial charge in [-0.05, 0) is 32.0 Å². The van der Waals surface area contributed by atoms with Gasteiger partial charge < -0.3 is 10.1 Å². The van der Waals surface area contributed by atoms with E-state index < -0.39 is 5.54 Å². The molecule has 1 N–H and O–H groups in total. The average molecular weight is 327 g/mol. The quantitative estimate of drug-likeness (QED) is 0.862. The monoisotopic (exact) mass is 326 g/mol. The Bertz CT molecular complexity index is 516. The van der Waals surface area contributed by atoms with Gasteiger partial charge in [0, 0.05) is 4.47 Å². The molecule has 2 rings (SSSR count). The fraction of sp³-hybridized carbons (Fsp3) is 0.385. The van der Waals surface area contributed by atoms with Crippen LogP contribution in [0.4, 0.5) is 4.79 Å². The van der Waals surface area contributed by atoms with Crippen molar-refractivity contribution in [3.05, 3.63) is 28.7 Å². The number of carbonyl (C=O) groups excluding carboxylic acids is 2. The number of nitrogens with one attached hydrogen (secondary N) is 1. The zero-order valence-electron chi connectivity index (χ0n) is 10.8. The summed E-state index contributed by atoms with van der Waals surface area (Å²) in [5.74, 6) is 0.469. The molecule has 102 valence electrons. The Morgan fingerprint density at radius 3 is 2.68 bits per heavy atom. The molecule has 1 aromatic rings. The number of carbonyl (C=O) groups is 2. The summed E-state index contributed by atoms with van der Waals surface area (Å²) in [5.41, 5.74) is -0.827. The van der Waals surface area contributed by atoms with Gasteiger partial charge in [-0.3, -0.25) is 9.69 Å². The van der Waals surface area contributed by atoms with E-state index >= 15 is 0 Å². The lowest BCUT2D eigenvalue weighted by Crippen LogP contribution is -2.40. The fourth-order valence-electron chi connectivity index (χ4n) is 1.83. The summed E-state index contributed by atoms with van der Waals surface area (Å²) in [6.45, 7) is 3.87. The molecule has 1 saturated heterocycles. The van der Waals surface area contributed by atoms with Gasteiger partial charge in [-0.25, -0.2) is 4.79 Å². The number of hydrogen-bond acceptors (Lipinski definition) is 3. The van der Waals surface area contributed by atoms with E-state index in [4.69, 9.17) is 4.74 Å². The number of hydrogen-bond donors (Lipinski definition) is 1. The first-order chi connectivity index (χ1) is 8.90. The molecule has 1 aliphatic rings. The lowest BCUT2D eigenvalue weighted by atomic mass is 10.1. The van der Waals surface area contributed by atoms with E-state index in [2.05, 4.69) is 21.2 Å². The molecule has 19 heavy (non-hydrogen) atoms. The molecule has 0 aliphatic carbocycles. The number of benzene rings is 1. The van der Waals surface area contributed by atoms with Crippen LogP contribution in [0.2, 0.25) is 0 Å². The number of ether oxygens (including phenoxy) is 1. The van der Waals surface area contributed by atoms with E-state index in [1.54, 1.807) is 13.8 Å². The summed E-state index contributed by atoms with van der Waals surface area (Å²) >= 11 is 3.35. The third-order valence-electron chi connectivity index (χ3n) is 2.82. The first-order valence-electron chi connectivity index (χ1n) is 5.92. The van der Waals surface area contributed by atoms with Gasteiger partial charge in [0.05, 0.1) is 6.54 Å². The molecule has 1 fully saturated rings. The van der Waals surface area contributed by atoms with Crippen molar-refractivity contribution >= 4 is 27.9 Å². The molecule has 0 bridgehead atoms. The lowest BCUT2D eigenvalue weighted by Gasteiger charge is -2.16. The second-order valence-corrected chi connectivity index (χ2v) is 5.73. The fourth-order valence-corrected chi connectivity index (χ4v) is 2.21. The first kappa shape index (κ1) is 13.9. The van der Waals surface area contributed by atoms with E-state index in [0.29, 0.717) is 5.75 Å². The van der Waals surface area contributed by atoms with Crippen LogP contribution in [0.25, 0.3) is 0 Å². The normalized spacial score (nSPS) is 17.5. The van der Waals surface area contributed by atoms with Crippen molar-refractivity contribution in [2.24, 2.45) is 0 Å². The minimum atomic E-state index is -0.827. The van der Waals surface area contributed by atoms with E-state index in [1.165, 1.54) is 4.90 Å². The van der Waals surface area contributed by atoms with Crippen LogP contribution < -0.4 is 10.1 Å². The molecule has 0 aromatic heterocycles. The highest BCUT2D eigenvalue weighted by Crippen LogP contribution is 2.19. The number of amides is 3. The zero-order valence-corrected chi connectivity index (χ0v) is 12.4. The van der Waals surface area contributed by atoms with Crippen LogP contribution in [0.5, 0.6) is 5.75 Å². The molecule has 0 unspecified atom stereocenters. The molecule has 0 atom stereocenters. The van der Waals surface area contributed by atoms with Gasteiger partial charge in [0.1, 0.15) is 17.9 Å². The van der Waals surface area contributed by atoms with E-state index in [0.717, 1.165) is 4.47 Å². The van der Waals surface area contributed by atoms with E-state index in [9.17, 15) is 9.59 Å². The van der Waals surface area contributed by atoms with Gasteiger partial charge in [-0.2, -0.15) is 0 Å². The standard InChI is InChI=1S/C13H15BrN2O3/c1-13(2)11(17)16(12(18)15-13)6-7-19-10-5-3-4-9(14)8-10/h3-5,8H,6-7H2,1-2H3,(H,15,18). The largest absolute Gasteiger partial charge is 0.492 e. The van der Waals surface area contributed by atoms with Gasteiger partial charge >= 0.3 is 6.03 Å². The van der Waals surface area contributed by atoms with Crippen LogP contribution in [0.15, 0.2) is 28.7 Å². The third kappa shape index (κ3) is 3.07. The summed E-state index contributed by atoms with van der Waals surface area (Å²) in [7, 11) is 0. The molecular weight excluding hydrogens is 312 g/mol. The molecule has 1 aromatic carbocycles. The second-order valence-electron chi connectivity index (χ2n) is 4.82. The van der Waals surface area contributed by atoms with Crippen molar-refractivity contribution in [2.75, 3.05) is 13.2 Å². The van der Waals surface area contributed by atoms with Crippen LogP contribution in [0, 0.1) is 0 Å². The Morgan fingerprint density at radius 2 is 2.11 bits per heavy atom. The van der Waals surface area contributed by atoms with Crippen molar-refractivity contribution in [1.82, 2.24) is 10.2 Å². The SMILES string of the molecule is CC1(C)NC(=O)N(CCOc2cccc(Br)c2)C1=O. The maximum Gasteiger partial charge on any atom is 0.325 e. The second kappa shape index (κ2) is 5.21. The lowest BCUT2D eigenvalue weighted by molar-refractivity contribution is -0.130. The topological polar surface area (TPSA) is 58.6 Å². The summed E-state index contributed by atoms with van der Waals surface area (Å²) in [6.07, 6.45) is 0. The highest BCUT2D eigenvalue weighted by atomic mass is 79.9. The molecule has 6 heteroatoms. The molecular formula is C13H15BrN2O3. The van der Waals surface area contributed by atoms with Crippen LogP contribution in [-0.4, -0.2) is 35.5 Å². The van der Waals surface area contributed by atoms with Crippen LogP contribution in [0.3, 0.4) is 0 Å². The zero-order chi connectivity index (χ0) is 14.0. The highest BCUT2D eigenvalue weighted by Gasteiger charge is 2.43. The minimum absolute atomic E-state index is 0.227. The Labute approximate surface area is 120 Å². The predicted molar refractivity (Wildman–Crippen MR) is 74.0 cm³/mol. The Hall–Kier alpha value is -1.56. The van der Waals surface area contributed by atoms with Crippen molar-refractivity contribution in [3.63, 3.8) is 0 Å². The molecule has 1 aliphatic heterocycles. The molecule has 1 heterocycles. The van der Waals surface area contributed by atoms with Crippen LogP contribution in [0.1, 0.15) is 13.8 Å². The third-order valence-corrected chi connectivity index (χ3v) is 3.32. The summed E-state index contributed by atoms with van der Waals surface area (Å²) in [4.78, 5) is 24.7. The number of urea groups is 1. The predicted octanol–water partition coefficient (Wildman–Crippen LogP) is 2.16. The van der Waals surface area contributed by atoms with E-state index in [-0.39, 0.29) is 25.1 Å². The Morgan fingerprint density at radius 1 is 1.37 bits per heavy atom. The van der Waals surface area contributed by atoms with E-state index in [1.807, 2.05) is 24.3 Å². The molecule has 0 spiro atoms. The number of nitrogens with zero attached hydrogens (tertiary/aromatic N) is 1. The van der Waals surface area contributed by atoms with Crippen molar-refractivity contribution < 1.29 is 14.3 Å². The Kier molecular flexibility index (Phi) is 3.80. The minimum Gasteiger partial charge on any atom is -0.492 e. The van der Waals surface area contributed by atoms with Gasteiger partial charge in [0.2, 0.25) is 0 Å². The summed E-state index contributed by atoms with van der Waals surface area (Å²) in [5, 5.41) is 2.63. The summed E-state index contributed by atoms with van der Waals surface area (Å²) in [6, 6.07) is 7.03. The van der Waals surface area contributed by atoms with Gasteiger partial charge in [0.25, 0.3) is 5.91 Å². The number of rotatable bonds is 4. The maximum absolute atomic E-state index is 11.9. The van der Waals surface area contributed by atoms with Crippen molar-refractivity contribution in [1.29, 1.82) is 0 Å². The number of halogens is 1. The average Bonchev–Trinajstić information content (AvgIpc) is 2.51. The van der Waals surface area contributed by atoms with Gasteiger partial charge in [-0.15, -0.1) is 0 Å². The van der Waals surface area contributed by atoms with Gasteiger partial charge in [-0.1, -0.05) is 22.0 Å². The highest BCUT2D eigenvalue weighted by molar-refractivity contribution is 9.10. The molecule has 3 amide bonds. The smallest absolute Gasteiger partial charge is 0.325 e. The van der Waals surface area contributed by atoms with Crippen molar-refractivity contribution in [2.45, 2.75) is 19.4 Å². The van der Waals surface area contributed by atoms with Crippen molar-refractivity contribution in [3.8, 4) is 5.75 Å². The molecule has 0 saturated carbocycles. The first-order valence-corrected chi connectivity index (χ1v) is 6.72. The maximum atomic E-state index is 11.9. The molecule has 5 nitrogen and oxygen atoms in total. The van der Waals surface area contributed by atoms with Crippen LogP contribution >= 0.6 is 15.9 Å². The molecule has 0 radical (unpaired) electrons. The number of imide groups is 1. The van der Waals surface area contributed by atoms with Gasteiger partial charge in [0.15, 0.2) is 0 Å². The summed E-state index contributed by atoms with van der Waals surface area (Å²) < 4.78 is 6.43. The Balaban J connectivity index is 1.90.